The zero-order chi connectivity index (χ0) is 7.78. The first-order valence-electron chi connectivity index (χ1n) is 3.82. The Balaban J connectivity index is 2.61. The molecule has 11 heavy (non-hydrogen) atoms. The van der Waals surface area contributed by atoms with Gasteiger partial charge in [0.25, 0.3) is 0 Å². The monoisotopic (exact) mass is 144 g/mol. The number of allylic oxidation sites excluding steroid dienone is 10. The first-order chi connectivity index (χ1) is 5.50. The predicted molar refractivity (Wildman–Crippen MR) is 50.3 cm³/mol. The summed E-state index contributed by atoms with van der Waals surface area (Å²) in [6.45, 7) is 0. The van der Waals surface area contributed by atoms with Crippen LogP contribution in [0.1, 0.15) is 6.42 Å². The summed E-state index contributed by atoms with van der Waals surface area (Å²) >= 11 is 0. The van der Waals surface area contributed by atoms with Gasteiger partial charge in [-0.2, -0.15) is 0 Å². The minimum atomic E-state index is 1.01. The molecule has 0 N–H and O–H groups in total. The van der Waals surface area contributed by atoms with E-state index in [9.17, 15) is 0 Å². The van der Waals surface area contributed by atoms with Gasteiger partial charge in [-0.25, -0.2) is 0 Å². The summed E-state index contributed by atoms with van der Waals surface area (Å²) in [7, 11) is 0. The van der Waals surface area contributed by atoms with Crippen LogP contribution in [0, 0.1) is 0 Å². The van der Waals surface area contributed by atoms with Crippen LogP contribution in [0.4, 0.5) is 0 Å². The van der Waals surface area contributed by atoms with Gasteiger partial charge in [0.1, 0.15) is 0 Å². The van der Waals surface area contributed by atoms with Crippen LogP contribution in [-0.4, -0.2) is 0 Å². The van der Waals surface area contributed by atoms with Crippen LogP contribution in [0.5, 0.6) is 0 Å². The molecule has 56 valence electrons. The summed E-state index contributed by atoms with van der Waals surface area (Å²) in [5.74, 6) is 0. The molecule has 0 amide bonds. The fourth-order valence-electron chi connectivity index (χ4n) is 0.778. The van der Waals surface area contributed by atoms with E-state index < -0.39 is 0 Å². The zero-order valence-electron chi connectivity index (χ0n) is 6.48. The maximum absolute atomic E-state index is 2.12. The van der Waals surface area contributed by atoms with Crippen LogP contribution < -0.4 is 0 Å². The predicted octanol–water partition coefficient (Wildman–Crippen LogP) is 3.17. The van der Waals surface area contributed by atoms with Crippen LogP contribution in [0.25, 0.3) is 0 Å². The molecule has 0 heterocycles. The van der Waals surface area contributed by atoms with Crippen molar-refractivity contribution >= 4 is 0 Å². The fourth-order valence-corrected chi connectivity index (χ4v) is 0.778. The second-order valence-corrected chi connectivity index (χ2v) is 2.25. The van der Waals surface area contributed by atoms with E-state index in [0.717, 1.165) is 6.42 Å². The van der Waals surface area contributed by atoms with E-state index in [1.807, 2.05) is 36.5 Å². The Labute approximate surface area is 67.9 Å². The van der Waals surface area contributed by atoms with Gasteiger partial charge in [0.2, 0.25) is 0 Å². The highest BCUT2D eigenvalue weighted by atomic mass is 13.8. The van der Waals surface area contributed by atoms with Crippen LogP contribution in [0.15, 0.2) is 60.8 Å². The Morgan fingerprint density at radius 1 is 0.455 bits per heavy atom. The second-order valence-electron chi connectivity index (χ2n) is 2.25. The highest BCUT2D eigenvalue weighted by molar-refractivity contribution is 5.19. The van der Waals surface area contributed by atoms with Crippen molar-refractivity contribution in [2.45, 2.75) is 6.42 Å². The zero-order valence-corrected chi connectivity index (χ0v) is 6.48. The molecule has 0 bridgehead atoms. The van der Waals surface area contributed by atoms with Crippen LogP contribution in [0.2, 0.25) is 0 Å². The van der Waals surface area contributed by atoms with E-state index in [4.69, 9.17) is 0 Å². The average molecular weight is 144 g/mol. The van der Waals surface area contributed by atoms with Crippen LogP contribution in [-0.2, 0) is 0 Å². The van der Waals surface area contributed by atoms with Crippen molar-refractivity contribution in [3.63, 3.8) is 0 Å². The largest absolute Gasteiger partial charge is 0.0807 e. The summed E-state index contributed by atoms with van der Waals surface area (Å²) < 4.78 is 0. The van der Waals surface area contributed by atoms with E-state index in [1.54, 1.807) is 0 Å². The molecule has 0 nitrogen and oxygen atoms in total. The highest BCUT2D eigenvalue weighted by Crippen LogP contribution is 1.90. The lowest BCUT2D eigenvalue weighted by Gasteiger charge is -1.76. The van der Waals surface area contributed by atoms with E-state index in [2.05, 4.69) is 24.3 Å². The van der Waals surface area contributed by atoms with Crippen molar-refractivity contribution in [3.05, 3.63) is 60.8 Å². The molecule has 0 aromatic rings. The Hall–Kier alpha value is -1.30. The summed E-state index contributed by atoms with van der Waals surface area (Å²) in [4.78, 5) is 0. The molecule has 0 radical (unpaired) electrons. The van der Waals surface area contributed by atoms with Crippen molar-refractivity contribution < 1.29 is 0 Å². The molecule has 0 unspecified atom stereocenters. The quantitative estimate of drug-likeness (QED) is 0.490. The van der Waals surface area contributed by atoms with Gasteiger partial charge in [-0.3, -0.25) is 0 Å². The molecule has 0 aliphatic heterocycles. The second kappa shape index (κ2) is 5.48. The van der Waals surface area contributed by atoms with Crippen molar-refractivity contribution in [1.82, 2.24) is 0 Å². The third-order valence-corrected chi connectivity index (χ3v) is 1.32. The topological polar surface area (TPSA) is 0 Å². The normalized spacial score (nSPS) is 31.3. The lowest BCUT2D eigenvalue weighted by atomic mass is 10.3. The number of hydrogen-bond donors (Lipinski definition) is 0. The molecule has 1 rings (SSSR count). The Bertz CT molecular complexity index is 200. The summed E-state index contributed by atoms with van der Waals surface area (Å²) in [5.41, 5.74) is 0. The van der Waals surface area contributed by atoms with E-state index in [-0.39, 0.29) is 0 Å². The molecule has 0 aromatic carbocycles. The van der Waals surface area contributed by atoms with Gasteiger partial charge in [0.05, 0.1) is 0 Å². The Kier molecular flexibility index (Phi) is 3.89. The van der Waals surface area contributed by atoms with Crippen molar-refractivity contribution in [1.29, 1.82) is 0 Å². The molecule has 0 fully saturated rings. The van der Waals surface area contributed by atoms with E-state index >= 15 is 0 Å². The molecule has 0 aromatic heterocycles. The summed E-state index contributed by atoms with van der Waals surface area (Å²) in [6.07, 6.45) is 21.5. The molecule has 1 aliphatic rings. The van der Waals surface area contributed by atoms with Crippen molar-refractivity contribution in [2.75, 3.05) is 0 Å². The van der Waals surface area contributed by atoms with Gasteiger partial charge in [-0.15, -0.1) is 0 Å². The van der Waals surface area contributed by atoms with Crippen molar-refractivity contribution in [2.24, 2.45) is 0 Å². The molecule has 0 atom stereocenters. The average Bonchev–Trinajstić information content (AvgIpc) is 2.08. The van der Waals surface area contributed by atoms with Gasteiger partial charge >= 0.3 is 0 Å². The van der Waals surface area contributed by atoms with Gasteiger partial charge < -0.3 is 0 Å². The summed E-state index contributed by atoms with van der Waals surface area (Å²) in [5, 5.41) is 0. The number of hydrogen-bond acceptors (Lipinski definition) is 0. The SMILES string of the molecule is C1=C\C=C/C=C\C/C=C\C=C/1. The molecular formula is C11H12. The van der Waals surface area contributed by atoms with Crippen LogP contribution >= 0.6 is 0 Å². The molecule has 0 heteroatoms. The minimum Gasteiger partial charge on any atom is -0.0807 e. The Morgan fingerprint density at radius 2 is 0.818 bits per heavy atom. The summed E-state index contributed by atoms with van der Waals surface area (Å²) in [6, 6.07) is 0. The highest BCUT2D eigenvalue weighted by Gasteiger charge is 1.69. The molecule has 1 aliphatic carbocycles. The van der Waals surface area contributed by atoms with Gasteiger partial charge in [-0.05, 0) is 6.42 Å². The lowest BCUT2D eigenvalue weighted by Crippen LogP contribution is -1.55. The van der Waals surface area contributed by atoms with Gasteiger partial charge in [-0.1, -0.05) is 60.8 Å². The first kappa shape index (κ1) is 7.80. The fraction of sp³-hybridized carbons (Fsp3) is 0.0909. The van der Waals surface area contributed by atoms with Crippen LogP contribution in [0.3, 0.4) is 0 Å². The van der Waals surface area contributed by atoms with Crippen molar-refractivity contribution in [3.8, 4) is 0 Å². The van der Waals surface area contributed by atoms with Gasteiger partial charge in [0, 0.05) is 0 Å². The third-order valence-electron chi connectivity index (χ3n) is 1.32. The molecule has 0 saturated carbocycles. The maximum atomic E-state index is 2.12. The molecular weight excluding hydrogens is 132 g/mol. The first-order valence-corrected chi connectivity index (χ1v) is 3.82. The lowest BCUT2D eigenvalue weighted by molar-refractivity contribution is 1.39. The standard InChI is InChI=1S/C11H12/c1-2-4-6-8-10-11-9-7-5-3-1/h1-10H,11H2/b2-1-,5-3-,6-4-,9-7-,10-8-. The minimum absolute atomic E-state index is 1.01. The Morgan fingerprint density at radius 3 is 1.27 bits per heavy atom. The third kappa shape index (κ3) is 4.15. The smallest absolute Gasteiger partial charge is 0.0163 e. The van der Waals surface area contributed by atoms with E-state index in [0.29, 0.717) is 0 Å². The number of rotatable bonds is 0. The maximum Gasteiger partial charge on any atom is -0.0163 e. The van der Waals surface area contributed by atoms with Gasteiger partial charge in [0.15, 0.2) is 0 Å². The van der Waals surface area contributed by atoms with E-state index in [1.165, 1.54) is 0 Å². The molecule has 0 spiro atoms. The molecule has 0 saturated heterocycles.